The molecule has 1 fully saturated rings. The van der Waals surface area contributed by atoms with Gasteiger partial charge in [-0.05, 0) is 13.8 Å². The highest BCUT2D eigenvalue weighted by Crippen LogP contribution is 2.24. The minimum absolute atomic E-state index is 0.390. The van der Waals surface area contributed by atoms with Crippen LogP contribution in [0.2, 0.25) is 0 Å². The van der Waals surface area contributed by atoms with Crippen LogP contribution in [0.1, 0.15) is 20.8 Å². The molecule has 0 aromatic heterocycles. The van der Waals surface area contributed by atoms with Gasteiger partial charge in [0, 0.05) is 6.92 Å². The van der Waals surface area contributed by atoms with Gasteiger partial charge >= 0.3 is 5.92 Å². The standard InChI is InChI=1S/C12H21F2NO6/c1-5(2)20-10-7(15-11(19)12(3,13)14)9(18)8(17)6(4-16)21-10/h5-10,16-18H,4H2,1-3H3,(H,15,19)/t6-,7-,8+,9-,10?/m1/s1. The third-order valence-electron chi connectivity index (χ3n) is 2.98. The van der Waals surface area contributed by atoms with E-state index in [9.17, 15) is 23.8 Å². The maximum Gasteiger partial charge on any atom is 0.321 e. The van der Waals surface area contributed by atoms with Gasteiger partial charge < -0.3 is 30.1 Å². The number of alkyl halides is 2. The van der Waals surface area contributed by atoms with Crippen molar-refractivity contribution in [3.8, 4) is 0 Å². The summed E-state index contributed by atoms with van der Waals surface area (Å²) < 4.78 is 36.4. The van der Waals surface area contributed by atoms with Crippen LogP contribution in [0.4, 0.5) is 8.78 Å². The van der Waals surface area contributed by atoms with Crippen molar-refractivity contribution in [2.24, 2.45) is 0 Å². The molecule has 1 heterocycles. The van der Waals surface area contributed by atoms with Crippen molar-refractivity contribution in [1.29, 1.82) is 0 Å². The topological polar surface area (TPSA) is 108 Å². The highest BCUT2D eigenvalue weighted by Gasteiger charge is 2.47. The molecule has 0 aromatic carbocycles. The molecule has 5 atom stereocenters. The first kappa shape index (κ1) is 18.2. The number of ether oxygens (including phenoxy) is 2. The summed E-state index contributed by atoms with van der Waals surface area (Å²) in [5.74, 6) is -5.27. The Morgan fingerprint density at radius 3 is 2.38 bits per heavy atom. The first-order valence-corrected chi connectivity index (χ1v) is 6.54. The lowest BCUT2D eigenvalue weighted by Gasteiger charge is -2.43. The van der Waals surface area contributed by atoms with E-state index in [0.717, 1.165) is 0 Å². The fourth-order valence-corrected chi connectivity index (χ4v) is 1.90. The summed E-state index contributed by atoms with van der Waals surface area (Å²) in [7, 11) is 0. The molecule has 0 radical (unpaired) electrons. The Balaban J connectivity index is 2.91. The number of hydrogen-bond donors (Lipinski definition) is 4. The average molecular weight is 313 g/mol. The maximum atomic E-state index is 12.9. The van der Waals surface area contributed by atoms with Crippen LogP contribution in [0.3, 0.4) is 0 Å². The largest absolute Gasteiger partial charge is 0.394 e. The van der Waals surface area contributed by atoms with E-state index in [4.69, 9.17) is 14.6 Å². The minimum atomic E-state index is -3.65. The van der Waals surface area contributed by atoms with Gasteiger partial charge in [0.1, 0.15) is 24.4 Å². The maximum absolute atomic E-state index is 12.9. The molecule has 124 valence electrons. The summed E-state index contributed by atoms with van der Waals surface area (Å²) in [6.07, 6.45) is -5.96. The monoisotopic (exact) mass is 313 g/mol. The van der Waals surface area contributed by atoms with E-state index >= 15 is 0 Å². The van der Waals surface area contributed by atoms with E-state index in [-0.39, 0.29) is 0 Å². The minimum Gasteiger partial charge on any atom is -0.394 e. The summed E-state index contributed by atoms with van der Waals surface area (Å²) in [4.78, 5) is 11.4. The van der Waals surface area contributed by atoms with Gasteiger partial charge in [-0.2, -0.15) is 8.78 Å². The lowest BCUT2D eigenvalue weighted by Crippen LogP contribution is -2.66. The molecule has 7 nitrogen and oxygen atoms in total. The van der Waals surface area contributed by atoms with Gasteiger partial charge in [0.05, 0.1) is 12.7 Å². The molecule has 21 heavy (non-hydrogen) atoms. The molecule has 9 heteroatoms. The molecule has 4 N–H and O–H groups in total. The van der Waals surface area contributed by atoms with E-state index < -0.39 is 55.2 Å². The lowest BCUT2D eigenvalue weighted by molar-refractivity contribution is -0.279. The molecule has 0 spiro atoms. The van der Waals surface area contributed by atoms with Gasteiger partial charge in [-0.25, -0.2) is 0 Å². The van der Waals surface area contributed by atoms with Crippen LogP contribution in [-0.2, 0) is 14.3 Å². The normalized spacial score (nSPS) is 34.0. The van der Waals surface area contributed by atoms with Crippen LogP contribution in [-0.4, -0.2) is 70.5 Å². The zero-order valence-corrected chi connectivity index (χ0v) is 12.0. The van der Waals surface area contributed by atoms with Gasteiger partial charge in [0.15, 0.2) is 6.29 Å². The highest BCUT2D eigenvalue weighted by molar-refractivity contribution is 5.83. The van der Waals surface area contributed by atoms with E-state index in [1.165, 1.54) is 0 Å². The average Bonchev–Trinajstić information content (AvgIpc) is 2.36. The molecule has 0 bridgehead atoms. The van der Waals surface area contributed by atoms with Crippen molar-refractivity contribution in [1.82, 2.24) is 5.32 Å². The fraction of sp³-hybridized carbons (Fsp3) is 0.917. The summed E-state index contributed by atoms with van der Waals surface area (Å²) in [5, 5.41) is 30.7. The van der Waals surface area contributed by atoms with Crippen LogP contribution in [0.25, 0.3) is 0 Å². The Hall–Kier alpha value is -0.870. The predicted octanol–water partition coefficient (Wildman–Crippen LogP) is -1.01. The number of carbonyl (C=O) groups excluding carboxylic acids is 1. The zero-order valence-electron chi connectivity index (χ0n) is 12.0. The Bertz CT molecular complexity index is 362. The SMILES string of the molecule is CC(C)OC1O[C@H](CO)[C@H](O)[C@H](O)[C@H]1NC(=O)C(C)(F)F. The Labute approximate surface area is 120 Å². The van der Waals surface area contributed by atoms with Crippen molar-refractivity contribution >= 4 is 5.91 Å². The van der Waals surface area contributed by atoms with E-state index in [1.807, 2.05) is 5.32 Å². The van der Waals surface area contributed by atoms with Gasteiger partial charge in [0.25, 0.3) is 5.91 Å². The summed E-state index contributed by atoms with van der Waals surface area (Å²) in [6, 6.07) is -1.39. The molecule has 0 aliphatic carbocycles. The Morgan fingerprint density at radius 2 is 1.95 bits per heavy atom. The number of aliphatic hydroxyl groups excluding tert-OH is 3. The second-order valence-corrected chi connectivity index (χ2v) is 5.28. The molecule has 0 aromatic rings. The van der Waals surface area contributed by atoms with Gasteiger partial charge in [-0.15, -0.1) is 0 Å². The van der Waals surface area contributed by atoms with Crippen LogP contribution in [0.15, 0.2) is 0 Å². The lowest BCUT2D eigenvalue weighted by atomic mass is 9.96. The molecule has 1 amide bonds. The molecule has 1 rings (SSSR count). The third-order valence-corrected chi connectivity index (χ3v) is 2.98. The summed E-state index contributed by atoms with van der Waals surface area (Å²) in [6.45, 7) is 3.09. The van der Waals surface area contributed by atoms with Gasteiger partial charge in [0.2, 0.25) is 0 Å². The molecular weight excluding hydrogens is 292 g/mol. The first-order valence-electron chi connectivity index (χ1n) is 6.54. The van der Waals surface area contributed by atoms with Crippen LogP contribution < -0.4 is 5.32 Å². The van der Waals surface area contributed by atoms with Crippen LogP contribution in [0, 0.1) is 0 Å². The molecular formula is C12H21F2NO6. The number of carbonyl (C=O) groups is 1. The first-order chi connectivity index (χ1) is 9.57. The molecule has 1 aliphatic rings. The fourth-order valence-electron chi connectivity index (χ4n) is 1.90. The predicted molar refractivity (Wildman–Crippen MR) is 66.5 cm³/mol. The molecule has 1 unspecified atom stereocenters. The van der Waals surface area contributed by atoms with Crippen molar-refractivity contribution in [3.63, 3.8) is 0 Å². The van der Waals surface area contributed by atoms with E-state index in [1.54, 1.807) is 13.8 Å². The van der Waals surface area contributed by atoms with Crippen molar-refractivity contribution in [2.45, 2.75) is 63.4 Å². The number of nitrogens with one attached hydrogen (secondary N) is 1. The zero-order chi connectivity index (χ0) is 16.4. The second-order valence-electron chi connectivity index (χ2n) is 5.28. The highest BCUT2D eigenvalue weighted by atomic mass is 19.3. The molecule has 1 saturated heterocycles. The number of halogens is 2. The van der Waals surface area contributed by atoms with Gasteiger partial charge in [-0.1, -0.05) is 0 Å². The van der Waals surface area contributed by atoms with Crippen LogP contribution >= 0.6 is 0 Å². The number of aliphatic hydroxyl groups is 3. The van der Waals surface area contributed by atoms with Crippen molar-refractivity contribution in [3.05, 3.63) is 0 Å². The Kier molecular flexibility index (Phi) is 6.00. The second kappa shape index (κ2) is 6.93. The van der Waals surface area contributed by atoms with Gasteiger partial charge in [-0.3, -0.25) is 4.79 Å². The number of rotatable bonds is 5. The third kappa shape index (κ3) is 4.55. The van der Waals surface area contributed by atoms with Crippen molar-refractivity contribution < 1.29 is 38.4 Å². The number of hydrogen-bond acceptors (Lipinski definition) is 6. The van der Waals surface area contributed by atoms with E-state index in [0.29, 0.717) is 6.92 Å². The summed E-state index contributed by atoms with van der Waals surface area (Å²) in [5.41, 5.74) is 0. The van der Waals surface area contributed by atoms with Crippen molar-refractivity contribution in [2.75, 3.05) is 6.61 Å². The van der Waals surface area contributed by atoms with Crippen LogP contribution in [0.5, 0.6) is 0 Å². The van der Waals surface area contributed by atoms with E-state index in [2.05, 4.69) is 0 Å². The molecule has 0 saturated carbocycles. The number of amides is 1. The quantitative estimate of drug-likeness (QED) is 0.518. The smallest absolute Gasteiger partial charge is 0.321 e. The summed E-state index contributed by atoms with van der Waals surface area (Å²) >= 11 is 0. The molecule has 1 aliphatic heterocycles. The Morgan fingerprint density at radius 1 is 1.38 bits per heavy atom.